The van der Waals surface area contributed by atoms with E-state index < -0.39 is 10.8 Å². The van der Waals surface area contributed by atoms with E-state index in [2.05, 4.69) is 10.4 Å². The minimum atomic E-state index is -0.446. The Kier molecular flexibility index (Phi) is 6.81. The van der Waals surface area contributed by atoms with Crippen molar-refractivity contribution in [3.63, 3.8) is 0 Å². The monoisotopic (exact) mass is 476 g/mol. The molecule has 0 fully saturated rings. The van der Waals surface area contributed by atoms with E-state index in [0.717, 1.165) is 16.9 Å². The molecular weight excluding hydrogens is 452 g/mol. The van der Waals surface area contributed by atoms with Crippen molar-refractivity contribution in [2.24, 2.45) is 0 Å². The van der Waals surface area contributed by atoms with Gasteiger partial charge in [0.2, 0.25) is 0 Å². The lowest BCUT2D eigenvalue weighted by Crippen LogP contribution is -2.10. The van der Waals surface area contributed by atoms with E-state index in [9.17, 15) is 14.9 Å². The Hall–Kier alpha value is -4.60. The molecule has 2 aromatic carbocycles. The fourth-order valence-corrected chi connectivity index (χ4v) is 3.44. The summed E-state index contributed by atoms with van der Waals surface area (Å²) in [4.78, 5) is 23.0. The number of ether oxygens (including phenoxy) is 2. The average molecular weight is 476 g/mol. The minimum Gasteiger partial charge on any atom is -0.486 e. The average Bonchev–Trinajstić information content (AvgIpc) is 3.46. The minimum absolute atomic E-state index is 0.0226. The smallest absolute Gasteiger partial charge is 0.291 e. The van der Waals surface area contributed by atoms with Gasteiger partial charge in [0.1, 0.15) is 23.9 Å². The van der Waals surface area contributed by atoms with Crippen molar-refractivity contribution in [2.75, 3.05) is 5.32 Å². The summed E-state index contributed by atoms with van der Waals surface area (Å²) in [5, 5.41) is 17.9. The number of anilines is 1. The summed E-state index contributed by atoms with van der Waals surface area (Å²) in [5.41, 5.74) is 3.20. The molecule has 1 amide bonds. The summed E-state index contributed by atoms with van der Waals surface area (Å²) >= 11 is 0. The van der Waals surface area contributed by atoms with Crippen LogP contribution in [0.2, 0.25) is 0 Å². The van der Waals surface area contributed by atoms with Gasteiger partial charge in [-0.05, 0) is 56.7 Å². The lowest BCUT2D eigenvalue weighted by molar-refractivity contribution is -0.385. The first-order valence-electron chi connectivity index (χ1n) is 10.8. The molecule has 0 aliphatic carbocycles. The lowest BCUT2D eigenvalue weighted by Gasteiger charge is -2.09. The largest absolute Gasteiger partial charge is 0.486 e. The van der Waals surface area contributed by atoms with Crippen LogP contribution in [-0.4, -0.2) is 20.6 Å². The zero-order valence-corrected chi connectivity index (χ0v) is 19.5. The number of carbonyl (C=O) groups excluding carboxylic acids is 1. The van der Waals surface area contributed by atoms with Crippen LogP contribution in [0.1, 0.15) is 33.0 Å². The van der Waals surface area contributed by atoms with E-state index in [4.69, 9.17) is 13.9 Å². The third-order valence-corrected chi connectivity index (χ3v) is 5.21. The molecule has 0 aliphatic rings. The van der Waals surface area contributed by atoms with Crippen LogP contribution in [0.4, 0.5) is 11.4 Å². The molecule has 0 spiro atoms. The Bertz CT molecular complexity index is 1370. The lowest BCUT2D eigenvalue weighted by atomic mass is 10.1. The molecule has 0 unspecified atom stereocenters. The van der Waals surface area contributed by atoms with Gasteiger partial charge in [0.25, 0.3) is 11.6 Å². The number of nitro benzene ring substituents is 1. The second kappa shape index (κ2) is 10.1. The number of benzene rings is 2. The molecule has 0 bridgehead atoms. The van der Waals surface area contributed by atoms with Gasteiger partial charge in [0.05, 0.1) is 23.0 Å². The molecule has 180 valence electrons. The highest BCUT2D eigenvalue weighted by atomic mass is 16.6. The molecule has 0 saturated carbocycles. The zero-order valence-electron chi connectivity index (χ0n) is 19.5. The van der Waals surface area contributed by atoms with Crippen LogP contribution < -0.4 is 14.8 Å². The van der Waals surface area contributed by atoms with E-state index in [0.29, 0.717) is 22.8 Å². The molecule has 0 radical (unpaired) electrons. The topological polar surface area (TPSA) is 122 Å². The molecule has 1 N–H and O–H groups in total. The third kappa shape index (κ3) is 5.85. The van der Waals surface area contributed by atoms with Crippen molar-refractivity contribution in [1.29, 1.82) is 0 Å². The van der Waals surface area contributed by atoms with Gasteiger partial charge in [-0.15, -0.1) is 0 Å². The molecule has 35 heavy (non-hydrogen) atoms. The summed E-state index contributed by atoms with van der Waals surface area (Å²) in [6.07, 6.45) is 3.18. The standard InChI is InChI=1S/C25H24N4O6/c1-16-4-8-23(18(3)10-16)34-15-28-13-19(12-26-28)27-25(30)24-9-6-21(35-24)14-33-20-5-7-22(29(31)32)17(2)11-20/h4-13H,14-15H2,1-3H3,(H,27,30). The Morgan fingerprint density at radius 2 is 1.91 bits per heavy atom. The fraction of sp³-hybridized carbons (Fsp3) is 0.200. The number of hydrogen-bond acceptors (Lipinski definition) is 7. The van der Waals surface area contributed by atoms with Crippen molar-refractivity contribution in [3.8, 4) is 11.5 Å². The highest BCUT2D eigenvalue weighted by Crippen LogP contribution is 2.24. The number of rotatable bonds is 9. The second-order valence-corrected chi connectivity index (χ2v) is 8.03. The Morgan fingerprint density at radius 1 is 1.09 bits per heavy atom. The van der Waals surface area contributed by atoms with Gasteiger partial charge in [-0.25, -0.2) is 4.68 Å². The van der Waals surface area contributed by atoms with E-state index in [1.54, 1.807) is 36.0 Å². The zero-order chi connectivity index (χ0) is 24.9. The molecule has 0 saturated heterocycles. The SMILES string of the molecule is Cc1ccc(OCn2cc(NC(=O)c3ccc(COc4ccc([N+](=O)[O-])c(C)c4)o3)cn2)c(C)c1. The van der Waals surface area contributed by atoms with Crippen molar-refractivity contribution >= 4 is 17.3 Å². The molecule has 4 aromatic rings. The summed E-state index contributed by atoms with van der Waals surface area (Å²) in [6, 6.07) is 13.6. The van der Waals surface area contributed by atoms with E-state index in [1.807, 2.05) is 32.0 Å². The maximum atomic E-state index is 12.5. The summed E-state index contributed by atoms with van der Waals surface area (Å²) in [7, 11) is 0. The Labute approximate surface area is 201 Å². The predicted molar refractivity (Wildman–Crippen MR) is 128 cm³/mol. The van der Waals surface area contributed by atoms with Gasteiger partial charge in [-0.2, -0.15) is 5.10 Å². The normalized spacial score (nSPS) is 10.7. The van der Waals surface area contributed by atoms with Gasteiger partial charge >= 0.3 is 0 Å². The first-order chi connectivity index (χ1) is 16.8. The predicted octanol–water partition coefficient (Wildman–Crippen LogP) is 5.18. The maximum absolute atomic E-state index is 12.5. The number of aromatic nitrogens is 2. The van der Waals surface area contributed by atoms with E-state index in [1.165, 1.54) is 18.3 Å². The van der Waals surface area contributed by atoms with Crippen molar-refractivity contribution < 1.29 is 23.6 Å². The first-order valence-corrected chi connectivity index (χ1v) is 10.8. The van der Waals surface area contributed by atoms with Gasteiger partial charge < -0.3 is 19.2 Å². The Morgan fingerprint density at radius 3 is 2.66 bits per heavy atom. The molecule has 2 heterocycles. The number of nitrogens with zero attached hydrogens (tertiary/aromatic N) is 3. The highest BCUT2D eigenvalue weighted by molar-refractivity contribution is 6.02. The van der Waals surface area contributed by atoms with Crippen LogP contribution in [0.5, 0.6) is 11.5 Å². The number of nitro groups is 1. The van der Waals surface area contributed by atoms with Crippen molar-refractivity contribution in [1.82, 2.24) is 9.78 Å². The van der Waals surface area contributed by atoms with E-state index in [-0.39, 0.29) is 24.8 Å². The van der Waals surface area contributed by atoms with E-state index >= 15 is 0 Å². The molecule has 4 rings (SSSR count). The van der Waals surface area contributed by atoms with Gasteiger partial charge in [0.15, 0.2) is 12.5 Å². The number of furan rings is 1. The molecule has 0 aliphatic heterocycles. The Balaban J connectivity index is 1.30. The maximum Gasteiger partial charge on any atom is 0.291 e. The molecule has 10 heteroatoms. The molecule has 10 nitrogen and oxygen atoms in total. The fourth-order valence-electron chi connectivity index (χ4n) is 3.44. The molecule has 0 atom stereocenters. The van der Waals surface area contributed by atoms with Crippen LogP contribution in [0.25, 0.3) is 0 Å². The quantitative estimate of drug-likeness (QED) is 0.261. The van der Waals surface area contributed by atoms with Gasteiger partial charge in [-0.3, -0.25) is 14.9 Å². The number of carbonyl (C=O) groups is 1. The van der Waals surface area contributed by atoms with Crippen LogP contribution in [0, 0.1) is 30.9 Å². The molecular formula is C25H24N4O6. The van der Waals surface area contributed by atoms with Crippen LogP contribution in [-0.2, 0) is 13.3 Å². The second-order valence-electron chi connectivity index (χ2n) is 8.03. The number of aryl methyl sites for hydroxylation is 3. The summed E-state index contributed by atoms with van der Waals surface area (Å²) in [6.45, 7) is 5.90. The van der Waals surface area contributed by atoms with Crippen LogP contribution in [0.3, 0.4) is 0 Å². The number of hydrogen-bond donors (Lipinski definition) is 1. The van der Waals surface area contributed by atoms with Crippen molar-refractivity contribution in [3.05, 3.63) is 99.2 Å². The highest BCUT2D eigenvalue weighted by Gasteiger charge is 2.14. The van der Waals surface area contributed by atoms with Crippen molar-refractivity contribution in [2.45, 2.75) is 34.1 Å². The van der Waals surface area contributed by atoms with Gasteiger partial charge in [-0.1, -0.05) is 17.7 Å². The summed E-state index contributed by atoms with van der Waals surface area (Å²) < 4.78 is 18.6. The first kappa shape index (κ1) is 23.6. The number of nitrogens with one attached hydrogen (secondary N) is 1. The van der Waals surface area contributed by atoms with Gasteiger partial charge in [0, 0.05) is 11.6 Å². The molecule has 2 aromatic heterocycles. The third-order valence-electron chi connectivity index (χ3n) is 5.21. The van der Waals surface area contributed by atoms with Crippen LogP contribution in [0.15, 0.2) is 65.3 Å². The summed E-state index contributed by atoms with van der Waals surface area (Å²) in [5.74, 6) is 1.35. The number of amides is 1. The van der Waals surface area contributed by atoms with Crippen LogP contribution >= 0.6 is 0 Å².